The van der Waals surface area contributed by atoms with Crippen LogP contribution in [0.4, 0.5) is 0 Å². The van der Waals surface area contributed by atoms with Crippen molar-refractivity contribution in [3.05, 3.63) is 109 Å². The second kappa shape index (κ2) is 49.6. The highest BCUT2D eigenvalue weighted by molar-refractivity contribution is 7.47. The van der Waals surface area contributed by atoms with Gasteiger partial charge >= 0.3 is 13.8 Å². The molecule has 0 fully saturated rings. The van der Waals surface area contributed by atoms with Crippen LogP contribution in [0.5, 0.6) is 0 Å². The zero-order valence-corrected chi connectivity index (χ0v) is 44.5. The Bertz CT molecular complexity index is 1430. The van der Waals surface area contributed by atoms with Crippen molar-refractivity contribution in [1.29, 1.82) is 0 Å². The van der Waals surface area contributed by atoms with Crippen molar-refractivity contribution in [3.63, 3.8) is 0 Å². The summed E-state index contributed by atoms with van der Waals surface area (Å²) in [6, 6.07) is 0. The number of rotatable bonds is 48. The number of hydrogen-bond acceptors (Lipinski definition) is 6. The van der Waals surface area contributed by atoms with Gasteiger partial charge in [0.25, 0.3) is 0 Å². The standard InChI is InChI=1S/C58H100NO7P/c1-6-8-10-12-14-16-18-20-22-24-26-28-30-31-33-35-37-39-41-43-45-47-49-51-58(60)66-57(56-65-67(61,62)64-54-52-59(3,4)5)55-63-53-50-48-46-44-42-40-38-36-34-32-29-27-25-23-21-19-17-15-13-11-9-7-2/h8-11,14-17,20-23,26-29,31,33,57H,6-7,12-13,18-19,24-25,30,32,34-56H2,1-5H3/p+1/b10-8-,11-9-,16-14-,17-15-,22-20-,23-21-,28-26-,29-27-,33-31-. The molecule has 384 valence electrons. The fourth-order valence-electron chi connectivity index (χ4n) is 6.81. The first-order chi connectivity index (χ1) is 32.6. The molecule has 1 N–H and O–H groups in total. The van der Waals surface area contributed by atoms with Crippen molar-refractivity contribution < 1.29 is 37.3 Å². The van der Waals surface area contributed by atoms with Crippen LogP contribution in [0.3, 0.4) is 0 Å². The zero-order chi connectivity index (χ0) is 49.0. The smallest absolute Gasteiger partial charge is 0.457 e. The molecule has 0 aliphatic heterocycles. The minimum atomic E-state index is -4.30. The Morgan fingerprint density at radius 3 is 1.22 bits per heavy atom. The summed E-state index contributed by atoms with van der Waals surface area (Å²) in [5.74, 6) is -0.331. The lowest BCUT2D eigenvalue weighted by molar-refractivity contribution is -0.870. The van der Waals surface area contributed by atoms with Gasteiger partial charge in [-0.1, -0.05) is 200 Å². The van der Waals surface area contributed by atoms with Gasteiger partial charge in [0.2, 0.25) is 0 Å². The van der Waals surface area contributed by atoms with Crippen LogP contribution in [0.1, 0.15) is 194 Å². The van der Waals surface area contributed by atoms with Gasteiger partial charge in [0, 0.05) is 13.0 Å². The van der Waals surface area contributed by atoms with Crippen LogP contribution >= 0.6 is 7.82 Å². The fourth-order valence-corrected chi connectivity index (χ4v) is 7.55. The van der Waals surface area contributed by atoms with E-state index in [1.165, 1.54) is 77.0 Å². The van der Waals surface area contributed by atoms with Crippen LogP contribution < -0.4 is 0 Å². The third-order valence-electron chi connectivity index (χ3n) is 10.8. The van der Waals surface area contributed by atoms with Crippen LogP contribution in [-0.4, -0.2) is 75.6 Å². The molecule has 0 aromatic rings. The predicted molar refractivity (Wildman–Crippen MR) is 288 cm³/mol. The SMILES string of the molecule is CC/C=C\C/C=C\C/C=C\C/C=C\C/C=C\CCCCCCCCCC(=O)OC(COCCCCCCCCCCC/C=C\C/C=C\C/C=C\C/C=C\CC)COP(=O)(O)OCC[N+](C)(C)C. The number of hydrogen-bond donors (Lipinski definition) is 1. The van der Waals surface area contributed by atoms with E-state index in [-0.39, 0.29) is 25.8 Å². The van der Waals surface area contributed by atoms with E-state index >= 15 is 0 Å². The van der Waals surface area contributed by atoms with E-state index in [9.17, 15) is 14.3 Å². The molecule has 67 heavy (non-hydrogen) atoms. The highest BCUT2D eigenvalue weighted by Crippen LogP contribution is 2.43. The van der Waals surface area contributed by atoms with E-state index in [2.05, 4.69) is 123 Å². The van der Waals surface area contributed by atoms with Crippen LogP contribution in [0.15, 0.2) is 109 Å². The third-order valence-corrected chi connectivity index (χ3v) is 11.8. The van der Waals surface area contributed by atoms with Crippen molar-refractivity contribution in [2.24, 2.45) is 0 Å². The highest BCUT2D eigenvalue weighted by Gasteiger charge is 2.26. The largest absolute Gasteiger partial charge is 0.472 e. The average molecular weight is 955 g/mol. The molecule has 0 radical (unpaired) electrons. The maximum atomic E-state index is 12.8. The van der Waals surface area contributed by atoms with Crippen LogP contribution in [0, 0.1) is 0 Å². The molecular weight excluding hydrogens is 854 g/mol. The first kappa shape index (κ1) is 64.2. The molecule has 0 aliphatic carbocycles. The number of allylic oxidation sites excluding steroid dienone is 18. The molecule has 8 nitrogen and oxygen atoms in total. The quantitative estimate of drug-likeness (QED) is 0.0214. The van der Waals surface area contributed by atoms with Crippen molar-refractivity contribution in [3.8, 4) is 0 Å². The first-order valence-electron chi connectivity index (χ1n) is 26.6. The summed E-state index contributed by atoms with van der Waals surface area (Å²) in [4.78, 5) is 23.0. The lowest BCUT2D eigenvalue weighted by atomic mass is 10.1. The van der Waals surface area contributed by atoms with Crippen LogP contribution in [-0.2, 0) is 27.9 Å². The number of likely N-dealkylation sites (N-methyl/N-ethyl adjacent to an activating group) is 1. The summed E-state index contributed by atoms with van der Waals surface area (Å²) in [5, 5.41) is 0. The Kier molecular flexibility index (Phi) is 47.5. The molecule has 0 saturated carbocycles. The summed E-state index contributed by atoms with van der Waals surface area (Å²) >= 11 is 0. The van der Waals surface area contributed by atoms with Crippen molar-refractivity contribution >= 4 is 13.8 Å². The average Bonchev–Trinajstić information content (AvgIpc) is 3.29. The van der Waals surface area contributed by atoms with Crippen LogP contribution in [0.2, 0.25) is 0 Å². The maximum Gasteiger partial charge on any atom is 0.472 e. The zero-order valence-electron chi connectivity index (χ0n) is 43.6. The van der Waals surface area contributed by atoms with Gasteiger partial charge in [0.05, 0.1) is 34.4 Å². The van der Waals surface area contributed by atoms with Gasteiger partial charge in [0.15, 0.2) is 0 Å². The van der Waals surface area contributed by atoms with Gasteiger partial charge < -0.3 is 18.9 Å². The van der Waals surface area contributed by atoms with E-state index in [1.54, 1.807) is 0 Å². The first-order valence-corrected chi connectivity index (χ1v) is 28.1. The van der Waals surface area contributed by atoms with Gasteiger partial charge in [-0.15, -0.1) is 0 Å². The predicted octanol–water partition coefficient (Wildman–Crippen LogP) is 16.7. The molecule has 0 bridgehead atoms. The number of quaternary nitrogens is 1. The second-order valence-corrected chi connectivity index (χ2v) is 19.9. The summed E-state index contributed by atoms with van der Waals surface area (Å²) in [6.07, 6.45) is 69.9. The molecule has 0 spiro atoms. The van der Waals surface area contributed by atoms with Crippen molar-refractivity contribution in [1.82, 2.24) is 0 Å². The number of nitrogens with zero attached hydrogens (tertiary/aromatic N) is 1. The Morgan fingerprint density at radius 2 is 0.821 bits per heavy atom. The minimum Gasteiger partial charge on any atom is -0.457 e. The van der Waals surface area contributed by atoms with E-state index in [0.29, 0.717) is 24.1 Å². The summed E-state index contributed by atoms with van der Waals surface area (Å²) in [7, 11) is 1.64. The number of carbonyl (C=O) groups excluding carboxylic acids is 1. The van der Waals surface area contributed by atoms with E-state index in [0.717, 1.165) is 96.3 Å². The number of unbranched alkanes of at least 4 members (excludes halogenated alkanes) is 16. The van der Waals surface area contributed by atoms with E-state index < -0.39 is 13.9 Å². The van der Waals surface area contributed by atoms with Gasteiger partial charge in [-0.25, -0.2) is 4.57 Å². The molecule has 2 atom stereocenters. The molecule has 2 unspecified atom stereocenters. The number of phosphoric ester groups is 1. The Hall–Kier alpha value is -2.84. The normalized spacial score (nSPS) is 14.4. The third kappa shape index (κ3) is 54.0. The van der Waals surface area contributed by atoms with Gasteiger partial charge in [-0.3, -0.25) is 13.8 Å². The Morgan fingerprint density at radius 1 is 0.463 bits per heavy atom. The van der Waals surface area contributed by atoms with Crippen LogP contribution in [0.25, 0.3) is 0 Å². The number of ether oxygens (including phenoxy) is 2. The number of esters is 1. The summed E-state index contributed by atoms with van der Waals surface area (Å²) < 4.78 is 35.2. The van der Waals surface area contributed by atoms with E-state index in [4.69, 9.17) is 18.5 Å². The topological polar surface area (TPSA) is 91.3 Å². The van der Waals surface area contributed by atoms with Gasteiger partial charge in [-0.05, 0) is 96.3 Å². The lowest BCUT2D eigenvalue weighted by Crippen LogP contribution is -2.37. The van der Waals surface area contributed by atoms with Gasteiger partial charge in [0.1, 0.15) is 19.3 Å². The molecule has 0 aliphatic rings. The second-order valence-electron chi connectivity index (χ2n) is 18.5. The molecule has 9 heteroatoms. The Labute approximate surface area is 412 Å². The minimum absolute atomic E-state index is 0.0786. The maximum absolute atomic E-state index is 12.8. The molecule has 0 heterocycles. The molecule has 0 aromatic carbocycles. The lowest BCUT2D eigenvalue weighted by Gasteiger charge is -2.24. The molecule has 0 saturated heterocycles. The van der Waals surface area contributed by atoms with E-state index in [1.807, 2.05) is 21.1 Å². The van der Waals surface area contributed by atoms with Gasteiger partial charge in [-0.2, -0.15) is 0 Å². The summed E-state index contributed by atoms with van der Waals surface area (Å²) in [5.41, 5.74) is 0. The Balaban J connectivity index is 4.19. The summed E-state index contributed by atoms with van der Waals surface area (Å²) in [6.45, 7) is 5.35. The monoisotopic (exact) mass is 955 g/mol. The van der Waals surface area contributed by atoms with Crippen molar-refractivity contribution in [2.75, 3.05) is 54.1 Å². The molecule has 0 amide bonds. The highest BCUT2D eigenvalue weighted by atomic mass is 31.2. The molecular formula is C58H101NO7P+. The fraction of sp³-hybridized carbons (Fsp3) is 0.672. The molecule has 0 rings (SSSR count). The molecule has 0 aromatic heterocycles. The number of carbonyl (C=O) groups is 1. The van der Waals surface area contributed by atoms with Crippen molar-refractivity contribution in [2.45, 2.75) is 200 Å². The number of phosphoric acid groups is 1.